The van der Waals surface area contributed by atoms with Gasteiger partial charge in [0, 0.05) is 52.1 Å². The number of piperazine rings is 1. The summed E-state index contributed by atoms with van der Waals surface area (Å²) >= 11 is 0. The number of halogens is 2. The van der Waals surface area contributed by atoms with E-state index >= 15 is 0 Å². The Morgan fingerprint density at radius 1 is 0.950 bits per heavy atom. The van der Waals surface area contributed by atoms with Crippen LogP contribution in [-0.4, -0.2) is 71.6 Å². The van der Waals surface area contributed by atoms with Gasteiger partial charge in [-0.25, -0.2) is 0 Å². The van der Waals surface area contributed by atoms with Gasteiger partial charge < -0.3 is 19.3 Å². The molecule has 0 bridgehead atoms. The number of alkyl halides is 2. The topological polar surface area (TPSA) is 62.3 Å². The van der Waals surface area contributed by atoms with E-state index in [9.17, 15) is 18.4 Å². The van der Waals surface area contributed by atoms with Gasteiger partial charge in [-0.1, -0.05) is 57.2 Å². The molecule has 216 valence electrons. The Hall–Kier alpha value is -3.20. The zero-order valence-corrected chi connectivity index (χ0v) is 23.7. The van der Waals surface area contributed by atoms with E-state index in [2.05, 4.69) is 35.3 Å². The maximum absolute atomic E-state index is 13.8. The van der Waals surface area contributed by atoms with Crippen LogP contribution in [0.2, 0.25) is 0 Å². The van der Waals surface area contributed by atoms with Crippen molar-refractivity contribution in [2.75, 3.05) is 32.7 Å². The Morgan fingerprint density at radius 3 is 2.27 bits per heavy atom. The number of piperidine rings is 1. The summed E-state index contributed by atoms with van der Waals surface area (Å²) < 4.78 is 36.9. The average Bonchev–Trinajstić information content (AvgIpc) is 3.22. The summed E-state index contributed by atoms with van der Waals surface area (Å²) in [5, 5.41) is 0. The molecule has 2 atom stereocenters. The second kappa shape index (κ2) is 11.0. The van der Waals surface area contributed by atoms with Gasteiger partial charge >= 0.3 is 6.29 Å². The maximum atomic E-state index is 13.8. The monoisotopic (exact) mass is 555 g/mol. The largest absolute Gasteiger partial charge is 0.586 e. The van der Waals surface area contributed by atoms with Crippen LogP contribution in [0.25, 0.3) is 0 Å². The summed E-state index contributed by atoms with van der Waals surface area (Å²) in [5.41, 5.74) is 1.69. The normalized spacial score (nSPS) is 22.3. The predicted octanol–water partition coefficient (Wildman–Crippen LogP) is 5.31. The van der Waals surface area contributed by atoms with Crippen LogP contribution in [0.4, 0.5) is 8.78 Å². The number of carbonyl (C=O) groups excluding carboxylic acids is 2. The van der Waals surface area contributed by atoms with E-state index in [-0.39, 0.29) is 46.7 Å². The second-order valence-corrected chi connectivity index (χ2v) is 12.3. The van der Waals surface area contributed by atoms with Gasteiger partial charge in [0.15, 0.2) is 11.5 Å². The van der Waals surface area contributed by atoms with Gasteiger partial charge in [-0.2, -0.15) is 0 Å². The molecule has 0 radical (unpaired) electrons. The summed E-state index contributed by atoms with van der Waals surface area (Å²) in [5.74, 6) is 0.601. The summed E-state index contributed by atoms with van der Waals surface area (Å²) in [7, 11) is 0. The highest BCUT2D eigenvalue weighted by molar-refractivity contribution is 5.77. The molecular formula is C31H39F2N3O4. The quantitative estimate of drug-likeness (QED) is 0.501. The Labute approximate surface area is 235 Å². The van der Waals surface area contributed by atoms with Crippen LogP contribution >= 0.6 is 0 Å². The van der Waals surface area contributed by atoms with E-state index < -0.39 is 6.29 Å². The van der Waals surface area contributed by atoms with Crippen molar-refractivity contribution >= 4 is 11.8 Å². The van der Waals surface area contributed by atoms with Gasteiger partial charge in [0.2, 0.25) is 11.8 Å². The Bertz CT molecular complexity index is 1220. The van der Waals surface area contributed by atoms with E-state index in [4.69, 9.17) is 4.74 Å². The zero-order valence-electron chi connectivity index (χ0n) is 23.7. The molecule has 7 nitrogen and oxygen atoms in total. The minimum atomic E-state index is -3.67. The molecule has 0 spiro atoms. The fourth-order valence-electron chi connectivity index (χ4n) is 6.28. The minimum absolute atomic E-state index is 0.0256. The maximum Gasteiger partial charge on any atom is 0.586 e. The van der Waals surface area contributed by atoms with Gasteiger partial charge in [-0.3, -0.25) is 14.5 Å². The molecule has 2 aromatic carbocycles. The molecule has 9 heteroatoms. The SMILES string of the molecule is CC(=O)N1CCC(CC(=O)N2CCN(C(c3ccccc3)c3ccc4c(c3)OC(F)(F)O4)C[C@@H]2C(C)(C)C)CC1. The number of ether oxygens (including phenoxy) is 2. The molecule has 2 saturated heterocycles. The first-order valence-corrected chi connectivity index (χ1v) is 14.1. The molecule has 2 fully saturated rings. The van der Waals surface area contributed by atoms with Gasteiger partial charge in [-0.15, -0.1) is 8.78 Å². The summed E-state index contributed by atoms with van der Waals surface area (Å²) in [6.07, 6.45) is -1.47. The van der Waals surface area contributed by atoms with Crippen LogP contribution in [0.5, 0.6) is 11.5 Å². The van der Waals surface area contributed by atoms with E-state index in [1.807, 2.05) is 41.3 Å². The highest BCUT2D eigenvalue weighted by Gasteiger charge is 2.45. The average molecular weight is 556 g/mol. The molecule has 1 unspecified atom stereocenters. The lowest BCUT2D eigenvalue weighted by Crippen LogP contribution is -2.60. The Kier molecular flexibility index (Phi) is 7.79. The molecule has 2 aromatic rings. The number of hydrogen-bond donors (Lipinski definition) is 0. The number of carbonyl (C=O) groups is 2. The highest BCUT2D eigenvalue weighted by Crippen LogP contribution is 2.44. The zero-order chi connectivity index (χ0) is 28.7. The minimum Gasteiger partial charge on any atom is -0.395 e. The van der Waals surface area contributed by atoms with Crippen molar-refractivity contribution in [2.24, 2.45) is 11.3 Å². The molecule has 3 aliphatic heterocycles. The first-order chi connectivity index (χ1) is 18.9. The van der Waals surface area contributed by atoms with Crippen molar-refractivity contribution < 1.29 is 27.8 Å². The van der Waals surface area contributed by atoms with Crippen molar-refractivity contribution in [3.63, 3.8) is 0 Å². The smallest absolute Gasteiger partial charge is 0.395 e. The van der Waals surface area contributed by atoms with Crippen molar-refractivity contribution in [3.05, 3.63) is 59.7 Å². The van der Waals surface area contributed by atoms with Gasteiger partial charge in [0.05, 0.1) is 6.04 Å². The number of fused-ring (bicyclic) bond motifs is 1. The van der Waals surface area contributed by atoms with Crippen LogP contribution < -0.4 is 9.47 Å². The molecule has 3 aliphatic rings. The highest BCUT2D eigenvalue weighted by atomic mass is 19.3. The van der Waals surface area contributed by atoms with E-state index in [1.165, 1.54) is 0 Å². The standard InChI is InChI=1S/C31H39F2N3O4/c1-21(37)34-14-12-22(13-15-34)18-28(38)36-17-16-35(20-27(36)30(2,3)4)29(23-8-6-5-7-9-23)24-10-11-25-26(19-24)40-31(32,33)39-25/h5-11,19,22,27,29H,12-18,20H2,1-4H3/t27-,29?/m1/s1. The summed E-state index contributed by atoms with van der Waals surface area (Å²) in [4.78, 5) is 31.6. The number of rotatable bonds is 5. The van der Waals surface area contributed by atoms with Crippen LogP contribution in [0.1, 0.15) is 64.1 Å². The van der Waals surface area contributed by atoms with Crippen molar-refractivity contribution in [1.29, 1.82) is 0 Å². The molecule has 0 saturated carbocycles. The number of amides is 2. The molecule has 0 aliphatic carbocycles. The number of hydrogen-bond acceptors (Lipinski definition) is 5. The lowest BCUT2D eigenvalue weighted by atomic mass is 9.82. The molecule has 0 N–H and O–H groups in total. The van der Waals surface area contributed by atoms with Crippen LogP contribution in [-0.2, 0) is 9.59 Å². The first-order valence-electron chi connectivity index (χ1n) is 14.1. The predicted molar refractivity (Wildman–Crippen MR) is 147 cm³/mol. The van der Waals surface area contributed by atoms with Crippen LogP contribution in [0.15, 0.2) is 48.5 Å². The van der Waals surface area contributed by atoms with Gasteiger partial charge in [-0.05, 0) is 47.4 Å². The van der Waals surface area contributed by atoms with Crippen molar-refractivity contribution in [2.45, 2.75) is 65.3 Å². The third kappa shape index (κ3) is 6.09. The van der Waals surface area contributed by atoms with Crippen molar-refractivity contribution in [1.82, 2.24) is 14.7 Å². The second-order valence-electron chi connectivity index (χ2n) is 12.3. The molecule has 2 amide bonds. The molecule has 40 heavy (non-hydrogen) atoms. The lowest BCUT2D eigenvalue weighted by molar-refractivity contribution is -0.286. The molecule has 5 rings (SSSR count). The Balaban J connectivity index is 1.36. The molecule has 0 aromatic heterocycles. The number of benzene rings is 2. The summed E-state index contributed by atoms with van der Waals surface area (Å²) in [6, 6.07) is 14.8. The number of likely N-dealkylation sites (tertiary alicyclic amines) is 1. The van der Waals surface area contributed by atoms with Gasteiger partial charge in [0.1, 0.15) is 0 Å². The van der Waals surface area contributed by atoms with Gasteiger partial charge in [0.25, 0.3) is 0 Å². The van der Waals surface area contributed by atoms with Crippen LogP contribution in [0, 0.1) is 11.3 Å². The molecular weight excluding hydrogens is 516 g/mol. The van der Waals surface area contributed by atoms with E-state index in [0.29, 0.717) is 39.1 Å². The lowest BCUT2D eigenvalue weighted by Gasteiger charge is -2.50. The third-order valence-corrected chi connectivity index (χ3v) is 8.48. The van der Waals surface area contributed by atoms with Crippen LogP contribution in [0.3, 0.4) is 0 Å². The fraction of sp³-hybridized carbons (Fsp3) is 0.548. The van der Waals surface area contributed by atoms with Crippen molar-refractivity contribution in [3.8, 4) is 11.5 Å². The first kappa shape index (κ1) is 28.3. The Morgan fingerprint density at radius 2 is 1.62 bits per heavy atom. The fourth-order valence-corrected chi connectivity index (χ4v) is 6.28. The molecule has 3 heterocycles. The van der Waals surface area contributed by atoms with E-state index in [0.717, 1.165) is 24.0 Å². The third-order valence-electron chi connectivity index (χ3n) is 8.48. The van der Waals surface area contributed by atoms with E-state index in [1.54, 1.807) is 19.1 Å². The number of nitrogens with zero attached hydrogens (tertiary/aromatic N) is 3. The summed E-state index contributed by atoms with van der Waals surface area (Å²) in [6.45, 7) is 11.4.